The fourth-order valence-electron chi connectivity index (χ4n) is 1.26. The van der Waals surface area contributed by atoms with Crippen molar-refractivity contribution in [1.82, 2.24) is 0 Å². The first-order valence-corrected chi connectivity index (χ1v) is 5.63. The molecular formula is C11H24O3. The molecule has 0 aliphatic rings. The normalized spacial score (nSPS) is 11.6. The van der Waals surface area contributed by atoms with Crippen molar-refractivity contribution in [2.24, 2.45) is 0 Å². The van der Waals surface area contributed by atoms with Gasteiger partial charge >= 0.3 is 0 Å². The molecule has 0 amide bonds. The Kier molecular flexibility index (Phi) is 9.35. The summed E-state index contributed by atoms with van der Waals surface area (Å²) in [5.41, 5.74) is 0. The molecule has 0 rings (SSSR count). The molecule has 0 saturated carbocycles. The topological polar surface area (TPSA) is 27.7 Å². The van der Waals surface area contributed by atoms with Gasteiger partial charge in [-0.15, -0.1) is 0 Å². The third kappa shape index (κ3) is 6.35. The summed E-state index contributed by atoms with van der Waals surface area (Å²) in [5, 5.41) is 0. The van der Waals surface area contributed by atoms with Gasteiger partial charge in [0.2, 0.25) is 0 Å². The SMILES string of the molecule is CCOC(COC(CC)CC)OCC. The van der Waals surface area contributed by atoms with E-state index in [1.807, 2.05) is 13.8 Å². The van der Waals surface area contributed by atoms with Gasteiger partial charge in [0.05, 0.1) is 12.7 Å². The van der Waals surface area contributed by atoms with E-state index in [-0.39, 0.29) is 6.29 Å². The van der Waals surface area contributed by atoms with Crippen molar-refractivity contribution in [2.75, 3.05) is 19.8 Å². The van der Waals surface area contributed by atoms with E-state index in [0.29, 0.717) is 25.9 Å². The summed E-state index contributed by atoms with van der Waals surface area (Å²) >= 11 is 0. The highest BCUT2D eigenvalue weighted by Crippen LogP contribution is 2.05. The molecule has 0 fully saturated rings. The summed E-state index contributed by atoms with van der Waals surface area (Å²) in [5.74, 6) is 0. The molecule has 0 N–H and O–H groups in total. The van der Waals surface area contributed by atoms with Crippen LogP contribution in [-0.2, 0) is 14.2 Å². The van der Waals surface area contributed by atoms with Crippen LogP contribution in [0.4, 0.5) is 0 Å². The summed E-state index contributed by atoms with van der Waals surface area (Å²) in [7, 11) is 0. The van der Waals surface area contributed by atoms with Crippen LogP contribution < -0.4 is 0 Å². The van der Waals surface area contributed by atoms with Gasteiger partial charge in [0.15, 0.2) is 6.29 Å². The van der Waals surface area contributed by atoms with Crippen LogP contribution in [0.15, 0.2) is 0 Å². The van der Waals surface area contributed by atoms with Gasteiger partial charge in [0.1, 0.15) is 0 Å². The van der Waals surface area contributed by atoms with Crippen LogP contribution in [0.5, 0.6) is 0 Å². The molecule has 14 heavy (non-hydrogen) atoms. The van der Waals surface area contributed by atoms with Crippen molar-refractivity contribution in [3.63, 3.8) is 0 Å². The van der Waals surface area contributed by atoms with Gasteiger partial charge in [0, 0.05) is 13.2 Å². The quantitative estimate of drug-likeness (QED) is 0.540. The van der Waals surface area contributed by atoms with Gasteiger partial charge in [-0.2, -0.15) is 0 Å². The molecule has 0 aromatic rings. The minimum absolute atomic E-state index is 0.203. The Morgan fingerprint density at radius 2 is 1.29 bits per heavy atom. The molecule has 0 aliphatic heterocycles. The molecule has 3 heteroatoms. The molecule has 0 bridgehead atoms. The molecular weight excluding hydrogens is 180 g/mol. The lowest BCUT2D eigenvalue weighted by molar-refractivity contribution is -0.176. The van der Waals surface area contributed by atoms with Crippen molar-refractivity contribution in [3.05, 3.63) is 0 Å². The summed E-state index contributed by atoms with van der Waals surface area (Å²) < 4.78 is 16.4. The van der Waals surface area contributed by atoms with E-state index in [1.54, 1.807) is 0 Å². The van der Waals surface area contributed by atoms with Gasteiger partial charge in [0.25, 0.3) is 0 Å². The number of hydrogen-bond donors (Lipinski definition) is 0. The zero-order valence-electron chi connectivity index (χ0n) is 9.91. The molecule has 0 heterocycles. The Labute approximate surface area is 87.7 Å². The lowest BCUT2D eigenvalue weighted by Crippen LogP contribution is -2.26. The Balaban J connectivity index is 3.67. The fraction of sp³-hybridized carbons (Fsp3) is 1.00. The molecule has 0 aromatic carbocycles. The zero-order chi connectivity index (χ0) is 10.8. The van der Waals surface area contributed by atoms with Crippen LogP contribution in [-0.4, -0.2) is 32.2 Å². The molecule has 0 unspecified atom stereocenters. The first-order chi connectivity index (χ1) is 6.78. The minimum Gasteiger partial charge on any atom is -0.373 e. The van der Waals surface area contributed by atoms with Crippen molar-refractivity contribution in [3.8, 4) is 0 Å². The summed E-state index contributed by atoms with van der Waals surface area (Å²) in [6.07, 6.45) is 2.21. The van der Waals surface area contributed by atoms with Gasteiger partial charge in [-0.05, 0) is 26.7 Å². The van der Waals surface area contributed by atoms with E-state index < -0.39 is 0 Å². The Hall–Kier alpha value is -0.120. The summed E-state index contributed by atoms with van der Waals surface area (Å²) in [6, 6.07) is 0. The maximum absolute atomic E-state index is 5.66. The fourth-order valence-corrected chi connectivity index (χ4v) is 1.26. The van der Waals surface area contributed by atoms with Crippen molar-refractivity contribution < 1.29 is 14.2 Å². The predicted molar refractivity (Wildman–Crippen MR) is 57.4 cm³/mol. The highest BCUT2D eigenvalue weighted by molar-refractivity contribution is 4.52. The molecule has 86 valence electrons. The third-order valence-electron chi connectivity index (χ3n) is 2.08. The average molecular weight is 204 g/mol. The van der Waals surface area contributed by atoms with E-state index >= 15 is 0 Å². The molecule has 0 atom stereocenters. The summed E-state index contributed by atoms with van der Waals surface area (Å²) in [6.45, 7) is 10.0. The van der Waals surface area contributed by atoms with Gasteiger partial charge < -0.3 is 14.2 Å². The molecule has 3 nitrogen and oxygen atoms in total. The van der Waals surface area contributed by atoms with Crippen LogP contribution in [0.2, 0.25) is 0 Å². The molecule has 0 aromatic heterocycles. The Morgan fingerprint density at radius 3 is 1.64 bits per heavy atom. The first-order valence-electron chi connectivity index (χ1n) is 5.63. The van der Waals surface area contributed by atoms with Crippen LogP contribution in [0.3, 0.4) is 0 Å². The lowest BCUT2D eigenvalue weighted by atomic mass is 10.2. The van der Waals surface area contributed by atoms with Gasteiger partial charge in [-0.1, -0.05) is 13.8 Å². The summed E-state index contributed by atoms with van der Waals surface area (Å²) in [4.78, 5) is 0. The third-order valence-corrected chi connectivity index (χ3v) is 2.08. The predicted octanol–water partition coefficient (Wildman–Crippen LogP) is 2.59. The maximum atomic E-state index is 5.66. The van der Waals surface area contributed by atoms with Crippen LogP contribution in [0, 0.1) is 0 Å². The number of hydrogen-bond acceptors (Lipinski definition) is 3. The van der Waals surface area contributed by atoms with Gasteiger partial charge in [-0.3, -0.25) is 0 Å². The van der Waals surface area contributed by atoms with Gasteiger partial charge in [-0.25, -0.2) is 0 Å². The highest BCUT2D eigenvalue weighted by Gasteiger charge is 2.11. The minimum atomic E-state index is -0.203. The average Bonchev–Trinajstić information content (AvgIpc) is 2.20. The second-order valence-corrected chi connectivity index (χ2v) is 3.11. The van der Waals surface area contributed by atoms with E-state index in [4.69, 9.17) is 14.2 Å². The van der Waals surface area contributed by atoms with E-state index in [0.717, 1.165) is 12.8 Å². The molecule has 0 aliphatic carbocycles. The smallest absolute Gasteiger partial charge is 0.180 e. The van der Waals surface area contributed by atoms with Crippen LogP contribution >= 0.6 is 0 Å². The maximum Gasteiger partial charge on any atom is 0.180 e. The monoisotopic (exact) mass is 204 g/mol. The molecule has 0 saturated heterocycles. The Bertz CT molecular complexity index is 107. The standard InChI is InChI=1S/C11H24O3/c1-5-10(6-2)14-9-11(12-7-3)13-8-4/h10-11H,5-9H2,1-4H3. The Morgan fingerprint density at radius 1 is 0.786 bits per heavy atom. The second-order valence-electron chi connectivity index (χ2n) is 3.11. The highest BCUT2D eigenvalue weighted by atomic mass is 16.7. The number of rotatable bonds is 9. The van der Waals surface area contributed by atoms with Crippen molar-refractivity contribution in [2.45, 2.75) is 52.9 Å². The number of ether oxygens (including phenoxy) is 3. The largest absolute Gasteiger partial charge is 0.373 e. The van der Waals surface area contributed by atoms with Crippen molar-refractivity contribution in [1.29, 1.82) is 0 Å². The second kappa shape index (κ2) is 9.44. The lowest BCUT2D eigenvalue weighted by Gasteiger charge is -2.20. The van der Waals surface area contributed by atoms with E-state index in [2.05, 4.69) is 13.8 Å². The zero-order valence-corrected chi connectivity index (χ0v) is 9.91. The van der Waals surface area contributed by atoms with Crippen LogP contribution in [0.25, 0.3) is 0 Å². The first kappa shape index (κ1) is 13.9. The van der Waals surface area contributed by atoms with E-state index in [9.17, 15) is 0 Å². The molecule has 0 spiro atoms. The van der Waals surface area contributed by atoms with Crippen molar-refractivity contribution >= 4 is 0 Å². The molecule has 0 radical (unpaired) electrons. The van der Waals surface area contributed by atoms with Crippen LogP contribution in [0.1, 0.15) is 40.5 Å². The van der Waals surface area contributed by atoms with E-state index in [1.165, 1.54) is 0 Å².